The summed E-state index contributed by atoms with van der Waals surface area (Å²) in [5.41, 5.74) is 0.444. The SMILES string of the molecule is O=C(c1ccc(F)cc1Br)N1CCS(=O)CC1. The third-order valence-corrected chi connectivity index (χ3v) is 4.56. The quantitative estimate of drug-likeness (QED) is 0.791. The van der Waals surface area contributed by atoms with Crippen molar-refractivity contribution in [3.05, 3.63) is 34.1 Å². The van der Waals surface area contributed by atoms with E-state index >= 15 is 0 Å². The number of carbonyl (C=O) groups is 1. The Kier molecular flexibility index (Phi) is 3.93. The van der Waals surface area contributed by atoms with Crippen LogP contribution in [-0.4, -0.2) is 39.6 Å². The molecular formula is C11H11BrFNO2S. The minimum Gasteiger partial charge on any atom is -0.337 e. The zero-order valence-electron chi connectivity index (χ0n) is 8.99. The molecule has 1 saturated heterocycles. The van der Waals surface area contributed by atoms with Gasteiger partial charge in [-0.05, 0) is 34.1 Å². The number of benzene rings is 1. The maximum Gasteiger partial charge on any atom is 0.255 e. The maximum atomic E-state index is 12.9. The maximum absolute atomic E-state index is 12.9. The Balaban J connectivity index is 2.16. The van der Waals surface area contributed by atoms with Gasteiger partial charge in [-0.25, -0.2) is 4.39 Å². The normalized spacial score (nSPS) is 17.2. The van der Waals surface area contributed by atoms with Crippen LogP contribution in [0.2, 0.25) is 0 Å². The van der Waals surface area contributed by atoms with Gasteiger partial charge in [0.25, 0.3) is 5.91 Å². The molecule has 0 radical (unpaired) electrons. The number of hydrogen-bond acceptors (Lipinski definition) is 2. The third kappa shape index (κ3) is 2.93. The number of halogens is 2. The molecule has 1 aromatic carbocycles. The zero-order valence-corrected chi connectivity index (χ0v) is 11.4. The Morgan fingerprint density at radius 3 is 2.59 bits per heavy atom. The van der Waals surface area contributed by atoms with Crippen molar-refractivity contribution in [3.8, 4) is 0 Å². The highest BCUT2D eigenvalue weighted by molar-refractivity contribution is 9.10. The molecule has 1 aromatic rings. The van der Waals surface area contributed by atoms with Crippen LogP contribution < -0.4 is 0 Å². The molecule has 1 heterocycles. The largest absolute Gasteiger partial charge is 0.337 e. The molecule has 3 nitrogen and oxygen atoms in total. The van der Waals surface area contributed by atoms with E-state index < -0.39 is 10.8 Å². The molecule has 0 N–H and O–H groups in total. The highest BCUT2D eigenvalue weighted by Gasteiger charge is 2.22. The molecule has 0 aliphatic carbocycles. The number of rotatable bonds is 1. The van der Waals surface area contributed by atoms with Gasteiger partial charge in [-0.1, -0.05) is 0 Å². The third-order valence-electron chi connectivity index (χ3n) is 2.63. The van der Waals surface area contributed by atoms with E-state index in [-0.39, 0.29) is 11.7 Å². The second-order valence-electron chi connectivity index (χ2n) is 3.76. The standard InChI is InChI=1S/C11H11BrFNO2S/c12-10-7-8(13)1-2-9(10)11(15)14-3-5-17(16)6-4-14/h1-2,7H,3-6H2. The number of nitrogens with zero attached hydrogens (tertiary/aromatic N) is 1. The van der Waals surface area contributed by atoms with E-state index in [2.05, 4.69) is 15.9 Å². The fraction of sp³-hybridized carbons (Fsp3) is 0.364. The first-order valence-corrected chi connectivity index (χ1v) is 7.45. The Hall–Kier alpha value is -0.750. The second-order valence-corrected chi connectivity index (χ2v) is 6.31. The fourth-order valence-corrected chi connectivity index (χ4v) is 3.25. The van der Waals surface area contributed by atoms with E-state index in [9.17, 15) is 13.4 Å². The van der Waals surface area contributed by atoms with Gasteiger partial charge >= 0.3 is 0 Å². The summed E-state index contributed by atoms with van der Waals surface area (Å²) in [5.74, 6) is 0.511. The zero-order chi connectivity index (χ0) is 12.4. The van der Waals surface area contributed by atoms with Gasteiger partial charge in [0.15, 0.2) is 0 Å². The van der Waals surface area contributed by atoms with Gasteiger partial charge in [0, 0.05) is 39.9 Å². The molecule has 1 aliphatic heterocycles. The molecule has 92 valence electrons. The first-order chi connectivity index (χ1) is 8.08. The summed E-state index contributed by atoms with van der Waals surface area (Å²) in [6, 6.07) is 4.00. The summed E-state index contributed by atoms with van der Waals surface area (Å²) in [6.45, 7) is 0.991. The first-order valence-electron chi connectivity index (χ1n) is 5.17. The Bertz CT molecular complexity index is 471. The van der Waals surface area contributed by atoms with E-state index in [1.54, 1.807) is 4.90 Å². The first kappa shape index (κ1) is 12.7. The minimum absolute atomic E-state index is 0.145. The molecule has 0 saturated carbocycles. The number of hydrogen-bond donors (Lipinski definition) is 0. The molecule has 2 rings (SSSR count). The van der Waals surface area contributed by atoms with E-state index in [4.69, 9.17) is 0 Å². The van der Waals surface area contributed by atoms with E-state index in [1.165, 1.54) is 18.2 Å². The predicted octanol–water partition coefficient (Wildman–Crippen LogP) is 1.79. The molecular weight excluding hydrogens is 309 g/mol. The monoisotopic (exact) mass is 319 g/mol. The Morgan fingerprint density at radius 1 is 1.35 bits per heavy atom. The summed E-state index contributed by atoms with van der Waals surface area (Å²) in [7, 11) is -0.808. The highest BCUT2D eigenvalue weighted by atomic mass is 79.9. The topological polar surface area (TPSA) is 37.4 Å². The highest BCUT2D eigenvalue weighted by Crippen LogP contribution is 2.20. The molecule has 0 bridgehead atoms. The van der Waals surface area contributed by atoms with Crippen LogP contribution in [0.25, 0.3) is 0 Å². The van der Waals surface area contributed by atoms with Crippen molar-refractivity contribution in [2.24, 2.45) is 0 Å². The van der Waals surface area contributed by atoms with Gasteiger partial charge in [-0.3, -0.25) is 9.00 Å². The predicted molar refractivity (Wildman–Crippen MR) is 67.9 cm³/mol. The molecule has 0 spiro atoms. The van der Waals surface area contributed by atoms with E-state index in [1.807, 2.05) is 0 Å². The summed E-state index contributed by atoms with van der Waals surface area (Å²) in [6.07, 6.45) is 0. The van der Waals surface area contributed by atoms with E-state index in [0.717, 1.165) is 0 Å². The number of amides is 1. The molecule has 1 aliphatic rings. The van der Waals surface area contributed by atoms with Gasteiger partial charge in [0.1, 0.15) is 5.82 Å². The van der Waals surface area contributed by atoms with Gasteiger partial charge in [0.05, 0.1) is 5.56 Å². The lowest BCUT2D eigenvalue weighted by Crippen LogP contribution is -2.41. The molecule has 6 heteroatoms. The summed E-state index contributed by atoms with van der Waals surface area (Å²) < 4.78 is 24.6. The van der Waals surface area contributed by atoms with Crippen LogP contribution in [0.15, 0.2) is 22.7 Å². The fourth-order valence-electron chi connectivity index (χ4n) is 1.67. The van der Waals surface area contributed by atoms with Crippen LogP contribution >= 0.6 is 15.9 Å². The van der Waals surface area contributed by atoms with Crippen molar-refractivity contribution < 1.29 is 13.4 Å². The molecule has 0 atom stereocenters. The van der Waals surface area contributed by atoms with Crippen LogP contribution in [-0.2, 0) is 10.8 Å². The summed E-state index contributed by atoms with van der Waals surface area (Å²) in [5, 5.41) is 0. The van der Waals surface area contributed by atoms with Crippen LogP contribution in [0.3, 0.4) is 0 Å². The lowest BCUT2D eigenvalue weighted by molar-refractivity contribution is 0.0770. The molecule has 0 unspecified atom stereocenters. The van der Waals surface area contributed by atoms with Crippen molar-refractivity contribution in [1.29, 1.82) is 0 Å². The molecule has 17 heavy (non-hydrogen) atoms. The Morgan fingerprint density at radius 2 is 2.00 bits per heavy atom. The smallest absolute Gasteiger partial charge is 0.255 e. The van der Waals surface area contributed by atoms with Gasteiger partial charge in [-0.15, -0.1) is 0 Å². The van der Waals surface area contributed by atoms with Gasteiger partial charge in [-0.2, -0.15) is 0 Å². The summed E-state index contributed by atoms with van der Waals surface area (Å²) in [4.78, 5) is 13.8. The molecule has 1 fully saturated rings. The average Bonchev–Trinajstić information content (AvgIpc) is 2.29. The van der Waals surface area contributed by atoms with Crippen molar-refractivity contribution >= 4 is 32.6 Å². The van der Waals surface area contributed by atoms with Crippen LogP contribution in [0.1, 0.15) is 10.4 Å². The van der Waals surface area contributed by atoms with Crippen LogP contribution in [0, 0.1) is 5.82 Å². The van der Waals surface area contributed by atoms with Crippen molar-refractivity contribution in [2.75, 3.05) is 24.6 Å². The van der Waals surface area contributed by atoms with Crippen molar-refractivity contribution in [2.45, 2.75) is 0 Å². The summed E-state index contributed by atoms with van der Waals surface area (Å²) >= 11 is 3.18. The average molecular weight is 320 g/mol. The van der Waals surface area contributed by atoms with Gasteiger partial charge < -0.3 is 4.90 Å². The van der Waals surface area contributed by atoms with Crippen molar-refractivity contribution in [1.82, 2.24) is 4.90 Å². The van der Waals surface area contributed by atoms with Gasteiger partial charge in [0.2, 0.25) is 0 Å². The second kappa shape index (κ2) is 5.27. The van der Waals surface area contributed by atoms with Crippen LogP contribution in [0.4, 0.5) is 4.39 Å². The van der Waals surface area contributed by atoms with Crippen LogP contribution in [0.5, 0.6) is 0 Å². The lowest BCUT2D eigenvalue weighted by atomic mass is 10.2. The van der Waals surface area contributed by atoms with E-state index in [0.29, 0.717) is 34.6 Å². The number of carbonyl (C=O) groups excluding carboxylic acids is 1. The van der Waals surface area contributed by atoms with Crippen molar-refractivity contribution in [3.63, 3.8) is 0 Å². The minimum atomic E-state index is -0.808. The Labute approximate surface area is 110 Å². The molecule has 0 aromatic heterocycles. The molecule has 1 amide bonds. The lowest BCUT2D eigenvalue weighted by Gasteiger charge is -2.26.